The number of fused-ring (bicyclic) bond motifs is 1. The lowest BCUT2D eigenvalue weighted by atomic mass is 10.0. The van der Waals surface area contributed by atoms with Gasteiger partial charge >= 0.3 is 5.97 Å². The summed E-state index contributed by atoms with van der Waals surface area (Å²) in [4.78, 5) is 24.1. The number of aryl methyl sites for hydroxylation is 3. The summed E-state index contributed by atoms with van der Waals surface area (Å²) in [6.45, 7) is 7.50. The second kappa shape index (κ2) is 8.77. The monoisotopic (exact) mass is 396 g/mol. The van der Waals surface area contributed by atoms with Gasteiger partial charge < -0.3 is 13.6 Å². The van der Waals surface area contributed by atoms with Gasteiger partial charge in [-0.1, -0.05) is 6.07 Å². The van der Waals surface area contributed by atoms with Gasteiger partial charge in [0.05, 0.1) is 18.4 Å². The largest absolute Gasteiger partial charge is 0.469 e. The highest BCUT2D eigenvalue weighted by atomic mass is 16.5. The van der Waals surface area contributed by atoms with Gasteiger partial charge in [-0.25, -0.2) is 10.2 Å². The van der Waals surface area contributed by atoms with Crippen molar-refractivity contribution in [2.75, 3.05) is 6.61 Å². The molecule has 0 aliphatic heterocycles. The molecule has 0 spiro atoms. The van der Waals surface area contributed by atoms with Crippen LogP contribution in [0.3, 0.4) is 0 Å². The Morgan fingerprint density at radius 2 is 2.00 bits per heavy atom. The maximum absolute atomic E-state index is 12.1. The van der Waals surface area contributed by atoms with Crippen LogP contribution >= 0.6 is 0 Å². The normalized spacial score (nSPS) is 11.7. The average Bonchev–Trinajstić information content (AvgIpc) is 3.28. The van der Waals surface area contributed by atoms with E-state index in [-0.39, 0.29) is 11.7 Å². The maximum atomic E-state index is 12.1. The van der Waals surface area contributed by atoms with Crippen molar-refractivity contribution < 1.29 is 23.2 Å². The van der Waals surface area contributed by atoms with Crippen molar-refractivity contribution in [3.63, 3.8) is 0 Å². The molecule has 1 N–H and O–H groups in total. The van der Waals surface area contributed by atoms with E-state index in [2.05, 4.69) is 10.5 Å². The second-order valence-corrected chi connectivity index (χ2v) is 6.79. The number of benzene rings is 1. The average molecular weight is 396 g/mol. The molecule has 0 saturated carbocycles. The molecule has 0 aliphatic carbocycles. The summed E-state index contributed by atoms with van der Waals surface area (Å²) in [6.07, 6.45) is 2.89. The Labute approximate surface area is 168 Å². The van der Waals surface area contributed by atoms with Crippen LogP contribution in [-0.2, 0) is 11.2 Å². The van der Waals surface area contributed by atoms with E-state index in [1.165, 1.54) is 6.26 Å². The Balaban J connectivity index is 1.65. The fourth-order valence-corrected chi connectivity index (χ4v) is 3.02. The molecule has 2 heterocycles. The van der Waals surface area contributed by atoms with Gasteiger partial charge in [0.1, 0.15) is 11.3 Å². The number of nitrogens with zero attached hydrogens (tertiary/aromatic N) is 1. The van der Waals surface area contributed by atoms with Crippen LogP contribution in [0.5, 0.6) is 0 Å². The standard InChI is InChI=1S/C22H24N2O5/c1-5-27-22(26)20-14(3)18-12-16(8-9-19(18)29-20)7-6-13(2)23-24-21(25)17-10-11-28-15(17)4/h8-12H,5-7H2,1-4H3,(H,24,25)/b23-13-. The van der Waals surface area contributed by atoms with Gasteiger partial charge in [0.25, 0.3) is 5.91 Å². The lowest BCUT2D eigenvalue weighted by molar-refractivity contribution is 0.0491. The smallest absolute Gasteiger partial charge is 0.374 e. The summed E-state index contributed by atoms with van der Waals surface area (Å²) in [7, 11) is 0. The summed E-state index contributed by atoms with van der Waals surface area (Å²) in [5.74, 6) is 0.0576. The van der Waals surface area contributed by atoms with Crippen LogP contribution in [0.4, 0.5) is 0 Å². The lowest BCUT2D eigenvalue weighted by Crippen LogP contribution is -2.19. The molecule has 0 bridgehead atoms. The zero-order chi connectivity index (χ0) is 21.0. The molecule has 0 fully saturated rings. The number of furan rings is 2. The molecule has 3 rings (SSSR count). The van der Waals surface area contributed by atoms with Gasteiger partial charge in [0.15, 0.2) is 0 Å². The number of nitrogens with one attached hydrogen (secondary N) is 1. The third-order valence-electron chi connectivity index (χ3n) is 4.69. The number of carbonyl (C=O) groups is 2. The molecule has 0 unspecified atom stereocenters. The third kappa shape index (κ3) is 4.56. The van der Waals surface area contributed by atoms with Gasteiger partial charge in [-0.05, 0) is 64.3 Å². The van der Waals surface area contributed by atoms with Gasteiger partial charge in [0.2, 0.25) is 5.76 Å². The first-order valence-corrected chi connectivity index (χ1v) is 9.47. The van der Waals surface area contributed by atoms with Gasteiger partial charge in [-0.3, -0.25) is 4.79 Å². The van der Waals surface area contributed by atoms with E-state index in [0.717, 1.165) is 28.6 Å². The topological polar surface area (TPSA) is 94.0 Å². The molecule has 3 aromatic rings. The maximum Gasteiger partial charge on any atom is 0.374 e. The van der Waals surface area contributed by atoms with Crippen LogP contribution < -0.4 is 5.43 Å². The van der Waals surface area contributed by atoms with Crippen molar-refractivity contribution in [1.29, 1.82) is 0 Å². The third-order valence-corrected chi connectivity index (χ3v) is 4.69. The van der Waals surface area contributed by atoms with E-state index in [9.17, 15) is 9.59 Å². The Bertz CT molecular complexity index is 1070. The molecule has 1 aromatic carbocycles. The molecule has 0 atom stereocenters. The van der Waals surface area contributed by atoms with Crippen molar-refractivity contribution in [1.82, 2.24) is 5.43 Å². The van der Waals surface area contributed by atoms with Crippen molar-refractivity contribution in [3.05, 3.63) is 58.7 Å². The van der Waals surface area contributed by atoms with E-state index in [4.69, 9.17) is 13.6 Å². The Morgan fingerprint density at radius 1 is 1.21 bits per heavy atom. The Morgan fingerprint density at radius 3 is 2.69 bits per heavy atom. The van der Waals surface area contributed by atoms with E-state index in [1.807, 2.05) is 32.0 Å². The van der Waals surface area contributed by atoms with Crippen LogP contribution in [0.15, 0.2) is 44.5 Å². The van der Waals surface area contributed by atoms with E-state index in [1.54, 1.807) is 19.9 Å². The second-order valence-electron chi connectivity index (χ2n) is 6.79. The van der Waals surface area contributed by atoms with Crippen molar-refractivity contribution in [2.45, 2.75) is 40.5 Å². The number of hydrogen-bond donors (Lipinski definition) is 1. The molecule has 2 aromatic heterocycles. The first-order chi connectivity index (χ1) is 13.9. The Hall–Kier alpha value is -3.35. The van der Waals surface area contributed by atoms with Gasteiger partial charge in [0, 0.05) is 16.7 Å². The highest BCUT2D eigenvalue weighted by molar-refractivity contribution is 5.97. The minimum absolute atomic E-state index is 0.244. The van der Waals surface area contributed by atoms with Gasteiger partial charge in [-0.15, -0.1) is 0 Å². The van der Waals surface area contributed by atoms with E-state index < -0.39 is 5.97 Å². The van der Waals surface area contributed by atoms with Crippen molar-refractivity contribution in [2.24, 2.45) is 5.10 Å². The zero-order valence-corrected chi connectivity index (χ0v) is 17.0. The summed E-state index contributed by atoms with van der Waals surface area (Å²) < 4.78 is 15.8. The Kier molecular flexibility index (Phi) is 6.16. The first-order valence-electron chi connectivity index (χ1n) is 9.47. The van der Waals surface area contributed by atoms with Crippen molar-refractivity contribution >= 4 is 28.6 Å². The number of carbonyl (C=O) groups excluding carboxylic acids is 2. The first kappa shape index (κ1) is 20.4. The number of hydrazone groups is 1. The summed E-state index contributed by atoms with van der Waals surface area (Å²) in [5, 5.41) is 5.05. The van der Waals surface area contributed by atoms with Crippen LogP contribution in [0.25, 0.3) is 11.0 Å². The van der Waals surface area contributed by atoms with Crippen LogP contribution in [0.2, 0.25) is 0 Å². The zero-order valence-electron chi connectivity index (χ0n) is 17.0. The van der Waals surface area contributed by atoms with Crippen LogP contribution in [-0.4, -0.2) is 24.2 Å². The summed E-state index contributed by atoms with van der Waals surface area (Å²) in [6, 6.07) is 7.44. The fourth-order valence-electron chi connectivity index (χ4n) is 3.02. The number of hydrogen-bond acceptors (Lipinski definition) is 6. The minimum atomic E-state index is -0.450. The van der Waals surface area contributed by atoms with Crippen LogP contribution in [0, 0.1) is 13.8 Å². The molecule has 0 saturated heterocycles. The quantitative estimate of drug-likeness (QED) is 0.359. The number of esters is 1. The molecular weight excluding hydrogens is 372 g/mol. The lowest BCUT2D eigenvalue weighted by Gasteiger charge is -2.03. The molecule has 0 aliphatic rings. The molecule has 0 radical (unpaired) electrons. The number of rotatable bonds is 7. The molecule has 1 amide bonds. The minimum Gasteiger partial charge on any atom is -0.469 e. The van der Waals surface area contributed by atoms with E-state index >= 15 is 0 Å². The molecule has 29 heavy (non-hydrogen) atoms. The highest BCUT2D eigenvalue weighted by Crippen LogP contribution is 2.27. The summed E-state index contributed by atoms with van der Waals surface area (Å²) in [5.41, 5.74) is 6.34. The SMILES string of the molecule is CCOC(=O)c1oc2ccc(CC/C(C)=N\NC(=O)c3ccoc3C)cc2c1C. The fraction of sp³-hybridized carbons (Fsp3) is 0.318. The highest BCUT2D eigenvalue weighted by Gasteiger charge is 2.18. The van der Waals surface area contributed by atoms with E-state index in [0.29, 0.717) is 29.9 Å². The predicted octanol–water partition coefficient (Wildman–Crippen LogP) is 4.56. The predicted molar refractivity (Wildman–Crippen MR) is 109 cm³/mol. The summed E-state index contributed by atoms with van der Waals surface area (Å²) >= 11 is 0. The number of amides is 1. The molecule has 7 heteroatoms. The van der Waals surface area contributed by atoms with Gasteiger partial charge in [-0.2, -0.15) is 5.10 Å². The van der Waals surface area contributed by atoms with Crippen molar-refractivity contribution in [3.8, 4) is 0 Å². The molecular formula is C22H24N2O5. The molecule has 7 nitrogen and oxygen atoms in total. The molecule has 152 valence electrons. The van der Waals surface area contributed by atoms with Crippen LogP contribution in [0.1, 0.15) is 58.1 Å². The number of ether oxygens (including phenoxy) is 1.